The first-order valence-electron chi connectivity index (χ1n) is 7.25. The van der Waals surface area contributed by atoms with Crippen molar-refractivity contribution in [2.24, 2.45) is 0 Å². The average Bonchev–Trinajstić information content (AvgIpc) is 2.78. The molecule has 0 spiro atoms. The van der Waals surface area contributed by atoms with Crippen LogP contribution in [0.1, 0.15) is 13.8 Å². The highest BCUT2D eigenvalue weighted by Crippen LogP contribution is 2.36. The van der Waals surface area contributed by atoms with Gasteiger partial charge in [-0.15, -0.1) is 0 Å². The van der Waals surface area contributed by atoms with Crippen LogP contribution in [-0.2, 0) is 23.8 Å². The Kier molecular flexibility index (Phi) is 5.28. The molecule has 0 bridgehead atoms. The van der Waals surface area contributed by atoms with E-state index in [0.717, 1.165) is 5.76 Å². The van der Waals surface area contributed by atoms with Gasteiger partial charge in [0.05, 0.1) is 20.8 Å². The third-order valence-corrected chi connectivity index (χ3v) is 3.72. The second-order valence-electron chi connectivity index (χ2n) is 5.64. The van der Waals surface area contributed by atoms with E-state index in [2.05, 4.69) is 6.58 Å². The smallest absolute Gasteiger partial charge is 0.164 e. The van der Waals surface area contributed by atoms with Gasteiger partial charge in [-0.3, -0.25) is 4.84 Å². The predicted octanol–water partition coefficient (Wildman–Crippen LogP) is 2.00. The molecule has 0 aromatic carbocycles. The fraction of sp³-hybridized carbons (Fsp3) is 0.625. The minimum atomic E-state index is -0.705. The molecule has 2 aliphatic heterocycles. The van der Waals surface area contributed by atoms with E-state index in [0.29, 0.717) is 12.4 Å². The zero-order valence-corrected chi connectivity index (χ0v) is 13.9. The van der Waals surface area contributed by atoms with Gasteiger partial charge in [-0.1, -0.05) is 6.58 Å². The summed E-state index contributed by atoms with van der Waals surface area (Å²) < 4.78 is 22.8. The number of hydroxylamine groups is 2. The van der Waals surface area contributed by atoms with Crippen molar-refractivity contribution in [2.75, 3.05) is 27.9 Å². The highest BCUT2D eigenvalue weighted by molar-refractivity contribution is 5.18. The summed E-state index contributed by atoms with van der Waals surface area (Å²) in [4.78, 5) is 5.58. The number of hydrogen-bond acceptors (Lipinski definition) is 6. The van der Waals surface area contributed by atoms with Crippen molar-refractivity contribution in [3.8, 4) is 0 Å². The number of nitrogens with zero attached hydrogens (tertiary/aromatic N) is 1. The Bertz CT molecular complexity index is 471. The van der Waals surface area contributed by atoms with Crippen molar-refractivity contribution in [2.45, 2.75) is 37.9 Å². The number of likely N-dealkylation sites (N-methyl/N-ethyl adjacent to an activating group) is 1. The van der Waals surface area contributed by atoms with Crippen LogP contribution < -0.4 is 0 Å². The molecule has 0 aliphatic carbocycles. The van der Waals surface area contributed by atoms with Crippen LogP contribution in [0.2, 0.25) is 0 Å². The molecule has 0 N–H and O–H groups in total. The molecule has 22 heavy (non-hydrogen) atoms. The number of methoxy groups -OCH3 is 2. The molecule has 0 aromatic rings. The molecule has 0 radical (unpaired) electrons. The topological polar surface area (TPSA) is 49.4 Å². The van der Waals surface area contributed by atoms with E-state index in [1.165, 1.54) is 0 Å². The summed E-state index contributed by atoms with van der Waals surface area (Å²) in [6, 6.07) is -0.204. The third-order valence-electron chi connectivity index (χ3n) is 3.72. The zero-order chi connectivity index (χ0) is 16.3. The molecule has 2 heterocycles. The molecule has 1 saturated heterocycles. The molecule has 1 fully saturated rings. The Hall–Kier alpha value is -1.34. The minimum Gasteiger partial charge on any atom is -0.499 e. The first kappa shape index (κ1) is 17.0. The fourth-order valence-corrected chi connectivity index (χ4v) is 2.76. The molecule has 2 rings (SSSR count). The maximum Gasteiger partial charge on any atom is 0.164 e. The van der Waals surface area contributed by atoms with E-state index in [1.54, 1.807) is 25.4 Å². The normalized spacial score (nSPS) is 32.5. The molecular weight excluding hydrogens is 286 g/mol. The summed E-state index contributed by atoms with van der Waals surface area (Å²) in [5.74, 6) is 0.734. The largest absolute Gasteiger partial charge is 0.499 e. The lowest BCUT2D eigenvalue weighted by Gasteiger charge is -2.36. The lowest BCUT2D eigenvalue weighted by molar-refractivity contribution is -0.204. The standard InChI is InChI=1S/C16H25NO5/c1-7-11(18-5)10-13-15(22-16(2,3)21-13)14-12(19-6)8-9-20-17(14)4/h7-8,10,13-15H,1,9H2,2-6H3/b11-10+/t13-,14-,15+/m1/s1. The number of allylic oxidation sites excluding steroid dienone is 1. The summed E-state index contributed by atoms with van der Waals surface area (Å²) in [6.45, 7) is 7.97. The Morgan fingerprint density at radius 1 is 1.41 bits per heavy atom. The maximum atomic E-state index is 6.09. The zero-order valence-electron chi connectivity index (χ0n) is 13.9. The van der Waals surface area contributed by atoms with Crippen molar-refractivity contribution < 1.29 is 23.8 Å². The molecule has 6 heteroatoms. The Balaban J connectivity index is 2.32. The van der Waals surface area contributed by atoms with Gasteiger partial charge in [0.1, 0.15) is 29.8 Å². The SMILES string of the molecule is C=C/C(=C\[C@H]1OC(C)(C)O[C@@H]1[C@H]1C(OC)=CCON1C)OC. The van der Waals surface area contributed by atoms with Crippen molar-refractivity contribution in [3.63, 3.8) is 0 Å². The second-order valence-corrected chi connectivity index (χ2v) is 5.64. The van der Waals surface area contributed by atoms with E-state index in [4.69, 9.17) is 23.8 Å². The van der Waals surface area contributed by atoms with Crippen molar-refractivity contribution in [3.05, 3.63) is 36.3 Å². The first-order chi connectivity index (χ1) is 10.4. The van der Waals surface area contributed by atoms with Crippen molar-refractivity contribution >= 4 is 0 Å². The van der Waals surface area contributed by atoms with Gasteiger partial charge in [0, 0.05) is 7.05 Å². The van der Waals surface area contributed by atoms with Crippen LogP contribution in [0.25, 0.3) is 0 Å². The molecule has 0 unspecified atom stereocenters. The lowest BCUT2D eigenvalue weighted by Crippen LogP contribution is -2.49. The molecule has 0 saturated carbocycles. The van der Waals surface area contributed by atoms with E-state index in [9.17, 15) is 0 Å². The lowest BCUT2D eigenvalue weighted by atomic mass is 10.0. The Morgan fingerprint density at radius 3 is 2.73 bits per heavy atom. The minimum absolute atomic E-state index is 0.204. The quantitative estimate of drug-likeness (QED) is 0.572. The van der Waals surface area contributed by atoms with Crippen LogP contribution in [0.3, 0.4) is 0 Å². The summed E-state index contributed by atoms with van der Waals surface area (Å²) in [6.07, 6.45) is 4.81. The van der Waals surface area contributed by atoms with Gasteiger partial charge in [-0.25, -0.2) is 0 Å². The van der Waals surface area contributed by atoms with Crippen LogP contribution in [0.15, 0.2) is 36.3 Å². The van der Waals surface area contributed by atoms with Crippen LogP contribution in [-0.4, -0.2) is 57.0 Å². The van der Waals surface area contributed by atoms with Gasteiger partial charge in [0.2, 0.25) is 0 Å². The monoisotopic (exact) mass is 311 g/mol. The van der Waals surface area contributed by atoms with Crippen LogP contribution in [0.4, 0.5) is 0 Å². The molecule has 0 aromatic heterocycles. The highest BCUT2D eigenvalue weighted by atomic mass is 16.8. The maximum absolute atomic E-state index is 6.09. The molecule has 3 atom stereocenters. The molecular formula is C16H25NO5. The van der Waals surface area contributed by atoms with Crippen molar-refractivity contribution in [1.82, 2.24) is 5.06 Å². The fourth-order valence-electron chi connectivity index (χ4n) is 2.76. The van der Waals surface area contributed by atoms with Crippen LogP contribution >= 0.6 is 0 Å². The van der Waals surface area contributed by atoms with Crippen molar-refractivity contribution in [1.29, 1.82) is 0 Å². The summed E-state index contributed by atoms with van der Waals surface area (Å²) in [5.41, 5.74) is 0. The average molecular weight is 311 g/mol. The Morgan fingerprint density at radius 2 is 2.14 bits per heavy atom. The van der Waals surface area contributed by atoms with Gasteiger partial charge in [0.15, 0.2) is 5.79 Å². The number of ether oxygens (including phenoxy) is 4. The van der Waals surface area contributed by atoms with E-state index < -0.39 is 5.79 Å². The molecule has 124 valence electrons. The van der Waals surface area contributed by atoms with Gasteiger partial charge in [-0.05, 0) is 32.1 Å². The summed E-state index contributed by atoms with van der Waals surface area (Å²) >= 11 is 0. The van der Waals surface area contributed by atoms with Gasteiger partial charge >= 0.3 is 0 Å². The van der Waals surface area contributed by atoms with E-state index in [1.807, 2.05) is 33.0 Å². The number of hydrogen-bond donors (Lipinski definition) is 0. The summed E-state index contributed by atoms with van der Waals surface area (Å²) in [5, 5.41) is 1.75. The second kappa shape index (κ2) is 6.83. The van der Waals surface area contributed by atoms with Crippen LogP contribution in [0.5, 0.6) is 0 Å². The van der Waals surface area contributed by atoms with E-state index >= 15 is 0 Å². The first-order valence-corrected chi connectivity index (χ1v) is 7.25. The molecule has 6 nitrogen and oxygen atoms in total. The number of rotatable bonds is 5. The van der Waals surface area contributed by atoms with Gasteiger partial charge in [-0.2, -0.15) is 5.06 Å². The predicted molar refractivity (Wildman–Crippen MR) is 81.7 cm³/mol. The Labute approximate surface area is 131 Å². The van der Waals surface area contributed by atoms with E-state index in [-0.39, 0.29) is 18.2 Å². The molecule has 2 aliphatic rings. The van der Waals surface area contributed by atoms with Gasteiger partial charge < -0.3 is 18.9 Å². The van der Waals surface area contributed by atoms with Gasteiger partial charge in [0.25, 0.3) is 0 Å². The summed E-state index contributed by atoms with van der Waals surface area (Å²) in [7, 11) is 5.10. The highest BCUT2D eigenvalue weighted by Gasteiger charge is 2.48. The third kappa shape index (κ3) is 3.52. The molecule has 0 amide bonds. The van der Waals surface area contributed by atoms with Crippen LogP contribution in [0, 0.1) is 0 Å².